The summed E-state index contributed by atoms with van der Waals surface area (Å²) in [6.45, 7) is 3.56. The van der Waals surface area contributed by atoms with E-state index < -0.39 is 11.6 Å². The second-order valence-electron chi connectivity index (χ2n) is 4.81. The number of hydrogen-bond donors (Lipinski definition) is 1. The molecule has 0 fully saturated rings. The van der Waals surface area contributed by atoms with E-state index in [0.717, 1.165) is 5.56 Å². The maximum Gasteiger partial charge on any atom is 0.130 e. The first-order valence-electron chi connectivity index (χ1n) is 6.41. The SMILES string of the molecule is Cc1ccc(C(C)NCc2c(F)cccc2F)cc1F. The highest BCUT2D eigenvalue weighted by molar-refractivity contribution is 5.26. The van der Waals surface area contributed by atoms with E-state index in [1.165, 1.54) is 24.3 Å². The molecule has 0 aliphatic heterocycles. The topological polar surface area (TPSA) is 12.0 Å². The van der Waals surface area contributed by atoms with Gasteiger partial charge in [0, 0.05) is 18.2 Å². The predicted octanol–water partition coefficient (Wildman–Crippen LogP) is 4.26. The maximum absolute atomic E-state index is 13.5. The number of nitrogens with one attached hydrogen (secondary N) is 1. The van der Waals surface area contributed by atoms with Gasteiger partial charge in [-0.05, 0) is 43.2 Å². The lowest BCUT2D eigenvalue weighted by Crippen LogP contribution is -2.19. The van der Waals surface area contributed by atoms with E-state index in [0.29, 0.717) is 5.56 Å². The zero-order chi connectivity index (χ0) is 14.7. The summed E-state index contributed by atoms with van der Waals surface area (Å²) in [5, 5.41) is 3.00. The molecule has 0 aliphatic rings. The van der Waals surface area contributed by atoms with E-state index in [4.69, 9.17) is 0 Å². The molecule has 1 N–H and O–H groups in total. The van der Waals surface area contributed by atoms with Crippen LogP contribution in [0.1, 0.15) is 29.7 Å². The molecule has 2 aromatic carbocycles. The van der Waals surface area contributed by atoms with Crippen LogP contribution < -0.4 is 5.32 Å². The Labute approximate surface area is 116 Å². The number of hydrogen-bond acceptors (Lipinski definition) is 1. The molecule has 1 nitrogen and oxygen atoms in total. The van der Waals surface area contributed by atoms with Gasteiger partial charge in [0.05, 0.1) is 0 Å². The first kappa shape index (κ1) is 14.6. The first-order valence-corrected chi connectivity index (χ1v) is 6.41. The third kappa shape index (κ3) is 3.20. The van der Waals surface area contributed by atoms with Gasteiger partial charge in [-0.3, -0.25) is 0 Å². The summed E-state index contributed by atoms with van der Waals surface area (Å²) in [7, 11) is 0. The van der Waals surface area contributed by atoms with Crippen LogP contribution in [-0.2, 0) is 6.54 Å². The fourth-order valence-electron chi connectivity index (χ4n) is 1.95. The van der Waals surface area contributed by atoms with E-state index >= 15 is 0 Å². The standard InChI is InChI=1S/C16H16F3N/c1-10-6-7-12(8-16(10)19)11(2)20-9-13-14(17)4-3-5-15(13)18/h3-8,11,20H,9H2,1-2H3. The average Bonchev–Trinajstić information content (AvgIpc) is 2.41. The molecule has 0 bridgehead atoms. The highest BCUT2D eigenvalue weighted by Gasteiger charge is 2.11. The van der Waals surface area contributed by atoms with Gasteiger partial charge < -0.3 is 5.32 Å². The normalized spacial score (nSPS) is 12.4. The lowest BCUT2D eigenvalue weighted by Gasteiger charge is -2.15. The van der Waals surface area contributed by atoms with Crippen molar-refractivity contribution in [2.75, 3.05) is 0 Å². The minimum atomic E-state index is -0.584. The van der Waals surface area contributed by atoms with Crippen molar-refractivity contribution in [1.82, 2.24) is 5.32 Å². The summed E-state index contributed by atoms with van der Waals surface area (Å²) in [5.41, 5.74) is 1.30. The van der Waals surface area contributed by atoms with Gasteiger partial charge in [0.25, 0.3) is 0 Å². The molecule has 0 heterocycles. The summed E-state index contributed by atoms with van der Waals surface area (Å²) in [5.74, 6) is -1.45. The molecular weight excluding hydrogens is 263 g/mol. The van der Waals surface area contributed by atoms with Gasteiger partial charge in [0.2, 0.25) is 0 Å². The summed E-state index contributed by atoms with van der Waals surface area (Å²) >= 11 is 0. The third-order valence-corrected chi connectivity index (χ3v) is 3.34. The number of rotatable bonds is 4. The molecule has 0 saturated carbocycles. The third-order valence-electron chi connectivity index (χ3n) is 3.34. The largest absolute Gasteiger partial charge is 0.306 e. The summed E-state index contributed by atoms with van der Waals surface area (Å²) in [6.07, 6.45) is 0. The zero-order valence-corrected chi connectivity index (χ0v) is 11.4. The highest BCUT2D eigenvalue weighted by Crippen LogP contribution is 2.18. The van der Waals surface area contributed by atoms with Gasteiger partial charge in [-0.15, -0.1) is 0 Å². The monoisotopic (exact) mass is 279 g/mol. The van der Waals surface area contributed by atoms with Crippen LogP contribution in [0.3, 0.4) is 0 Å². The molecule has 1 unspecified atom stereocenters. The zero-order valence-electron chi connectivity index (χ0n) is 11.4. The van der Waals surface area contributed by atoms with Crippen LogP contribution in [-0.4, -0.2) is 0 Å². The second kappa shape index (κ2) is 6.09. The van der Waals surface area contributed by atoms with Crippen LogP contribution >= 0.6 is 0 Å². The molecule has 0 aromatic heterocycles. The molecular formula is C16H16F3N. The Morgan fingerprint density at radius 3 is 2.25 bits per heavy atom. The molecule has 0 saturated heterocycles. The average molecular weight is 279 g/mol. The predicted molar refractivity (Wildman–Crippen MR) is 72.7 cm³/mol. The van der Waals surface area contributed by atoms with Gasteiger partial charge in [0.1, 0.15) is 17.5 Å². The Hall–Kier alpha value is -1.81. The number of aryl methyl sites for hydroxylation is 1. The van der Waals surface area contributed by atoms with Gasteiger partial charge in [-0.1, -0.05) is 18.2 Å². The Morgan fingerprint density at radius 1 is 1.00 bits per heavy atom. The molecule has 2 rings (SSSR count). The van der Waals surface area contributed by atoms with Crippen molar-refractivity contribution in [1.29, 1.82) is 0 Å². The molecule has 2 aromatic rings. The highest BCUT2D eigenvalue weighted by atomic mass is 19.1. The Morgan fingerprint density at radius 2 is 1.65 bits per heavy atom. The second-order valence-corrected chi connectivity index (χ2v) is 4.81. The van der Waals surface area contributed by atoms with Crippen LogP contribution in [0.5, 0.6) is 0 Å². The lowest BCUT2D eigenvalue weighted by atomic mass is 10.1. The summed E-state index contributed by atoms with van der Waals surface area (Å²) in [4.78, 5) is 0. The Bertz CT molecular complexity index is 590. The smallest absolute Gasteiger partial charge is 0.130 e. The first-order chi connectivity index (χ1) is 9.49. The summed E-state index contributed by atoms with van der Waals surface area (Å²) < 4.78 is 40.4. The molecule has 106 valence electrons. The minimum Gasteiger partial charge on any atom is -0.306 e. The molecule has 0 aliphatic carbocycles. The van der Waals surface area contributed by atoms with Gasteiger partial charge in [-0.25, -0.2) is 13.2 Å². The molecule has 4 heteroatoms. The van der Waals surface area contributed by atoms with Crippen molar-refractivity contribution in [3.05, 3.63) is 70.5 Å². The van der Waals surface area contributed by atoms with Crippen molar-refractivity contribution in [2.24, 2.45) is 0 Å². The molecule has 0 amide bonds. The van der Waals surface area contributed by atoms with Crippen LogP contribution in [0.25, 0.3) is 0 Å². The Kier molecular flexibility index (Phi) is 4.45. The molecule has 0 spiro atoms. The lowest BCUT2D eigenvalue weighted by molar-refractivity contribution is 0.507. The number of benzene rings is 2. The molecule has 20 heavy (non-hydrogen) atoms. The van der Waals surface area contributed by atoms with Crippen LogP contribution in [0.2, 0.25) is 0 Å². The van der Waals surface area contributed by atoms with Crippen LogP contribution in [0.15, 0.2) is 36.4 Å². The van der Waals surface area contributed by atoms with Gasteiger partial charge in [-0.2, -0.15) is 0 Å². The molecule has 1 atom stereocenters. The minimum absolute atomic E-state index is 0.00747. The van der Waals surface area contributed by atoms with Crippen molar-refractivity contribution < 1.29 is 13.2 Å². The van der Waals surface area contributed by atoms with Crippen molar-refractivity contribution in [3.8, 4) is 0 Å². The fraction of sp³-hybridized carbons (Fsp3) is 0.250. The van der Waals surface area contributed by atoms with Crippen molar-refractivity contribution in [2.45, 2.75) is 26.4 Å². The number of halogens is 3. The van der Waals surface area contributed by atoms with E-state index in [2.05, 4.69) is 5.32 Å². The van der Waals surface area contributed by atoms with Gasteiger partial charge in [0.15, 0.2) is 0 Å². The quantitative estimate of drug-likeness (QED) is 0.881. The Balaban J connectivity index is 2.08. The van der Waals surface area contributed by atoms with Crippen LogP contribution in [0, 0.1) is 24.4 Å². The fourth-order valence-corrected chi connectivity index (χ4v) is 1.95. The van der Waals surface area contributed by atoms with E-state index in [-0.39, 0.29) is 24.0 Å². The van der Waals surface area contributed by atoms with Crippen molar-refractivity contribution in [3.63, 3.8) is 0 Å². The molecule has 0 radical (unpaired) electrons. The van der Waals surface area contributed by atoms with Crippen molar-refractivity contribution >= 4 is 0 Å². The van der Waals surface area contributed by atoms with E-state index in [1.54, 1.807) is 19.1 Å². The summed E-state index contributed by atoms with van der Waals surface area (Å²) in [6, 6.07) is 8.48. The van der Waals surface area contributed by atoms with E-state index in [1.807, 2.05) is 6.92 Å². The van der Waals surface area contributed by atoms with E-state index in [9.17, 15) is 13.2 Å². The maximum atomic E-state index is 13.5. The van der Waals surface area contributed by atoms with Gasteiger partial charge >= 0.3 is 0 Å². The van der Waals surface area contributed by atoms with Crippen LogP contribution in [0.4, 0.5) is 13.2 Å².